The van der Waals surface area contributed by atoms with Crippen LogP contribution in [0.1, 0.15) is 37.3 Å². The summed E-state index contributed by atoms with van der Waals surface area (Å²) in [5, 5.41) is 10.4. The summed E-state index contributed by atoms with van der Waals surface area (Å²) in [7, 11) is 0. The Bertz CT molecular complexity index is 733. The highest BCUT2D eigenvalue weighted by molar-refractivity contribution is 5.61. The fraction of sp³-hybridized carbons (Fsp3) is 0.600. The van der Waals surface area contributed by atoms with Crippen molar-refractivity contribution in [2.75, 3.05) is 13.1 Å². The number of likely N-dealkylation sites (tertiary alicyclic amines) is 1. The highest BCUT2D eigenvalue weighted by Gasteiger charge is 2.70. The first kappa shape index (κ1) is 14.8. The summed E-state index contributed by atoms with van der Waals surface area (Å²) in [6.07, 6.45) is 6.21. The predicted octanol–water partition coefficient (Wildman–Crippen LogP) is 2.33. The smallest absolute Gasteiger partial charge is 0.165 e. The minimum absolute atomic E-state index is 0.00742. The number of ether oxygens (including phenoxy) is 1. The monoisotopic (exact) mass is 326 g/mol. The number of phenolic OH excluding ortho intramolecular Hbond substituents is 1. The summed E-state index contributed by atoms with van der Waals surface area (Å²) >= 11 is 0. The van der Waals surface area contributed by atoms with Gasteiger partial charge in [-0.15, -0.1) is 6.58 Å². The number of nitrogens with two attached hydrogens (primary N) is 1. The predicted molar refractivity (Wildman–Crippen MR) is 93.4 cm³/mol. The molecule has 4 aliphatic rings. The van der Waals surface area contributed by atoms with Crippen molar-refractivity contribution in [1.82, 2.24) is 4.90 Å². The van der Waals surface area contributed by atoms with E-state index in [1.165, 1.54) is 11.1 Å². The minimum atomic E-state index is -0.0470. The Morgan fingerprint density at radius 2 is 2.29 bits per heavy atom. The van der Waals surface area contributed by atoms with E-state index in [-0.39, 0.29) is 28.7 Å². The number of hydrogen-bond acceptors (Lipinski definition) is 4. The Balaban J connectivity index is 1.78. The third kappa shape index (κ3) is 1.44. The van der Waals surface area contributed by atoms with Crippen LogP contribution in [0.25, 0.3) is 0 Å². The van der Waals surface area contributed by atoms with E-state index in [9.17, 15) is 5.11 Å². The molecule has 2 aliphatic heterocycles. The van der Waals surface area contributed by atoms with E-state index < -0.39 is 0 Å². The van der Waals surface area contributed by atoms with E-state index >= 15 is 0 Å². The van der Waals surface area contributed by atoms with Gasteiger partial charge in [0.1, 0.15) is 6.10 Å². The Morgan fingerprint density at radius 1 is 1.46 bits per heavy atom. The van der Waals surface area contributed by atoms with E-state index in [1.54, 1.807) is 6.07 Å². The molecule has 128 valence electrons. The van der Waals surface area contributed by atoms with Gasteiger partial charge >= 0.3 is 0 Å². The normalized spacial score (nSPS) is 42.3. The molecule has 0 radical (unpaired) electrons. The number of nitrogens with zero attached hydrogens (tertiary/aromatic N) is 1. The maximum absolute atomic E-state index is 10.4. The Morgan fingerprint density at radius 3 is 3.08 bits per heavy atom. The lowest BCUT2D eigenvalue weighted by atomic mass is 9.43. The Hall–Kier alpha value is -1.52. The van der Waals surface area contributed by atoms with Crippen LogP contribution in [0.4, 0.5) is 0 Å². The number of rotatable bonds is 2. The van der Waals surface area contributed by atoms with Crippen molar-refractivity contribution < 1.29 is 9.84 Å². The average Bonchev–Trinajstić information content (AvgIpc) is 2.91. The largest absolute Gasteiger partial charge is 0.504 e. The van der Waals surface area contributed by atoms with Crippen molar-refractivity contribution in [3.05, 3.63) is 35.9 Å². The summed E-state index contributed by atoms with van der Waals surface area (Å²) in [6, 6.07) is 4.43. The van der Waals surface area contributed by atoms with Crippen molar-refractivity contribution >= 4 is 0 Å². The van der Waals surface area contributed by atoms with Gasteiger partial charge in [0.2, 0.25) is 0 Å². The molecule has 3 N–H and O–H groups in total. The van der Waals surface area contributed by atoms with Gasteiger partial charge in [-0.1, -0.05) is 19.1 Å². The van der Waals surface area contributed by atoms with Crippen molar-refractivity contribution in [2.45, 2.75) is 56.2 Å². The SMILES string of the molecule is C=CCN1CC[C@]23c4c5ccc(O)c4OC2[C@H](N)CC[C@@]3(C)C1C5. The van der Waals surface area contributed by atoms with Crippen LogP contribution in [0.3, 0.4) is 0 Å². The summed E-state index contributed by atoms with van der Waals surface area (Å²) in [5.74, 6) is 0.996. The second-order valence-corrected chi connectivity index (χ2v) is 8.33. The molecule has 1 aromatic rings. The Labute approximate surface area is 143 Å². The van der Waals surface area contributed by atoms with Gasteiger partial charge in [0.05, 0.1) is 0 Å². The number of hydrogen-bond donors (Lipinski definition) is 2. The molecule has 5 atom stereocenters. The van der Waals surface area contributed by atoms with E-state index in [4.69, 9.17) is 10.5 Å². The molecule has 0 aromatic heterocycles. The number of phenols is 1. The molecule has 1 saturated carbocycles. The second kappa shape index (κ2) is 4.55. The third-order valence-corrected chi connectivity index (χ3v) is 7.55. The molecule has 0 amide bonds. The fourth-order valence-electron chi connectivity index (χ4n) is 6.51. The third-order valence-electron chi connectivity index (χ3n) is 7.55. The number of piperidine rings is 1. The molecule has 1 spiro atoms. The van der Waals surface area contributed by atoms with Crippen molar-refractivity contribution in [1.29, 1.82) is 0 Å². The van der Waals surface area contributed by atoms with E-state index in [1.807, 2.05) is 6.08 Å². The van der Waals surface area contributed by atoms with Gasteiger partial charge in [0, 0.05) is 29.6 Å². The van der Waals surface area contributed by atoms with Crippen LogP contribution in [0, 0.1) is 5.41 Å². The molecule has 2 unspecified atom stereocenters. The zero-order valence-electron chi connectivity index (χ0n) is 14.3. The molecule has 2 fully saturated rings. The first-order valence-electron chi connectivity index (χ1n) is 9.15. The lowest BCUT2D eigenvalue weighted by Gasteiger charge is -2.65. The lowest BCUT2D eigenvalue weighted by Crippen LogP contribution is -2.73. The van der Waals surface area contributed by atoms with Gasteiger partial charge in [-0.25, -0.2) is 0 Å². The summed E-state index contributed by atoms with van der Waals surface area (Å²) in [4.78, 5) is 2.60. The molecule has 24 heavy (non-hydrogen) atoms. The van der Waals surface area contributed by atoms with Crippen molar-refractivity contribution in [3.8, 4) is 11.5 Å². The first-order valence-corrected chi connectivity index (χ1v) is 9.15. The van der Waals surface area contributed by atoms with Gasteiger partial charge in [-0.2, -0.15) is 0 Å². The van der Waals surface area contributed by atoms with Crippen molar-refractivity contribution in [2.24, 2.45) is 11.1 Å². The summed E-state index contributed by atoms with van der Waals surface area (Å²) in [6.45, 7) is 8.39. The molecule has 1 aromatic carbocycles. The van der Waals surface area contributed by atoms with Crippen LogP contribution in [0.15, 0.2) is 24.8 Å². The van der Waals surface area contributed by atoms with E-state index in [2.05, 4.69) is 24.5 Å². The lowest BCUT2D eigenvalue weighted by molar-refractivity contribution is -0.117. The van der Waals surface area contributed by atoms with Crippen LogP contribution in [-0.4, -0.2) is 41.3 Å². The second-order valence-electron chi connectivity index (χ2n) is 8.33. The first-order chi connectivity index (χ1) is 11.5. The van der Waals surface area contributed by atoms with Crippen LogP contribution in [0.5, 0.6) is 11.5 Å². The number of benzene rings is 1. The minimum Gasteiger partial charge on any atom is -0.504 e. The van der Waals surface area contributed by atoms with Gasteiger partial charge in [0.25, 0.3) is 0 Å². The summed E-state index contributed by atoms with van der Waals surface area (Å²) in [5.41, 5.74) is 9.25. The Kier molecular flexibility index (Phi) is 2.81. The molecule has 4 heteroatoms. The molecular formula is C20H26N2O2. The molecule has 2 heterocycles. The van der Waals surface area contributed by atoms with Crippen LogP contribution >= 0.6 is 0 Å². The molecule has 2 bridgehead atoms. The zero-order valence-corrected chi connectivity index (χ0v) is 14.3. The van der Waals surface area contributed by atoms with Crippen LogP contribution < -0.4 is 10.5 Å². The van der Waals surface area contributed by atoms with E-state index in [0.717, 1.165) is 44.5 Å². The molecule has 5 rings (SSSR count). The molecule has 1 saturated heterocycles. The summed E-state index contributed by atoms with van der Waals surface area (Å²) < 4.78 is 6.37. The standard InChI is InChI=1S/C20H26N2O2/c1-3-9-22-10-8-20-16-12-4-5-14(23)17(16)24-18(20)13(21)6-7-19(20,2)15(22)11-12/h3-5,13,15,18,23H,1,6-11,21H2,2H3/t13-,15?,18?,19+,20+/m1/s1. The molecular weight excluding hydrogens is 300 g/mol. The molecule has 4 nitrogen and oxygen atoms in total. The highest BCUT2D eigenvalue weighted by atomic mass is 16.5. The van der Waals surface area contributed by atoms with E-state index in [0.29, 0.717) is 6.04 Å². The van der Waals surface area contributed by atoms with Crippen LogP contribution in [0.2, 0.25) is 0 Å². The van der Waals surface area contributed by atoms with Gasteiger partial charge in [0.15, 0.2) is 11.5 Å². The fourth-order valence-corrected chi connectivity index (χ4v) is 6.51. The highest BCUT2D eigenvalue weighted by Crippen LogP contribution is 2.68. The average molecular weight is 326 g/mol. The van der Waals surface area contributed by atoms with Gasteiger partial charge < -0.3 is 15.6 Å². The zero-order chi connectivity index (χ0) is 16.7. The quantitative estimate of drug-likeness (QED) is 0.819. The topological polar surface area (TPSA) is 58.7 Å². The van der Waals surface area contributed by atoms with Gasteiger partial charge in [-0.3, -0.25) is 4.90 Å². The molecule has 2 aliphatic carbocycles. The maximum Gasteiger partial charge on any atom is 0.165 e. The van der Waals surface area contributed by atoms with Crippen molar-refractivity contribution in [3.63, 3.8) is 0 Å². The maximum atomic E-state index is 10.4. The number of aromatic hydroxyl groups is 1. The van der Waals surface area contributed by atoms with Crippen LogP contribution in [-0.2, 0) is 11.8 Å². The van der Waals surface area contributed by atoms with Gasteiger partial charge in [-0.05, 0) is 49.3 Å².